The number of nitrogens with one attached hydrogen (secondary N) is 1. The maximum absolute atomic E-state index is 11.6. The van der Waals surface area contributed by atoms with E-state index in [1.165, 1.54) is 12.1 Å². The molecule has 1 aromatic rings. The van der Waals surface area contributed by atoms with Gasteiger partial charge in [-0.1, -0.05) is 6.92 Å². The second-order valence-corrected chi connectivity index (χ2v) is 7.72. The van der Waals surface area contributed by atoms with Crippen molar-refractivity contribution >= 4 is 21.7 Å². The van der Waals surface area contributed by atoms with Crippen LogP contribution >= 0.6 is 0 Å². The monoisotopic (exact) mass is 357 g/mol. The van der Waals surface area contributed by atoms with Gasteiger partial charge < -0.3 is 15.2 Å². The van der Waals surface area contributed by atoms with Gasteiger partial charge in [0.15, 0.2) is 9.84 Å². The highest BCUT2D eigenvalue weighted by Gasteiger charge is 2.09. The van der Waals surface area contributed by atoms with Gasteiger partial charge >= 0.3 is 5.97 Å². The molecule has 1 rings (SSSR count). The largest absolute Gasteiger partial charge is 0.494 e. The van der Waals surface area contributed by atoms with Crippen LogP contribution in [0.5, 0.6) is 5.75 Å². The van der Waals surface area contributed by atoms with Gasteiger partial charge in [-0.15, -0.1) is 0 Å². The molecule has 0 aliphatic carbocycles. The molecule has 0 bridgehead atoms. The SMILES string of the molecule is CC(CNC(=O)CCCOc1ccc(S(C)(=O)=O)cc1)CC(=O)O. The van der Waals surface area contributed by atoms with Crippen molar-refractivity contribution in [2.24, 2.45) is 5.92 Å². The first kappa shape index (κ1) is 20.0. The van der Waals surface area contributed by atoms with Crippen LogP contribution in [0.25, 0.3) is 0 Å². The van der Waals surface area contributed by atoms with E-state index in [9.17, 15) is 18.0 Å². The molecule has 1 atom stereocenters. The first-order chi connectivity index (χ1) is 11.2. The number of hydrogen-bond acceptors (Lipinski definition) is 5. The van der Waals surface area contributed by atoms with E-state index < -0.39 is 15.8 Å². The standard InChI is InChI=1S/C16H23NO6S/c1-12(10-16(19)20)11-17-15(18)4-3-9-23-13-5-7-14(8-6-13)24(2,21)22/h5-8,12H,3-4,9-11H2,1-2H3,(H,17,18)(H,19,20). The van der Waals surface area contributed by atoms with E-state index in [-0.39, 0.29) is 29.6 Å². The summed E-state index contributed by atoms with van der Waals surface area (Å²) in [6.45, 7) is 2.42. The average molecular weight is 357 g/mol. The van der Waals surface area contributed by atoms with Crippen LogP contribution in [0.4, 0.5) is 0 Å². The van der Waals surface area contributed by atoms with Gasteiger partial charge in [0.05, 0.1) is 11.5 Å². The fourth-order valence-corrected chi connectivity index (χ4v) is 2.58. The first-order valence-electron chi connectivity index (χ1n) is 7.60. The third kappa shape index (κ3) is 7.96. The molecule has 0 radical (unpaired) electrons. The first-order valence-corrected chi connectivity index (χ1v) is 9.49. The Labute approximate surface area is 141 Å². The zero-order chi connectivity index (χ0) is 18.2. The Bertz CT molecular complexity index is 654. The van der Waals surface area contributed by atoms with Gasteiger partial charge in [-0.3, -0.25) is 9.59 Å². The number of aliphatic carboxylic acids is 1. The van der Waals surface area contributed by atoms with Gasteiger partial charge in [0, 0.05) is 25.6 Å². The predicted octanol–water partition coefficient (Wildman–Crippen LogP) is 1.48. The van der Waals surface area contributed by atoms with Crippen LogP contribution in [0.15, 0.2) is 29.2 Å². The lowest BCUT2D eigenvalue weighted by molar-refractivity contribution is -0.138. The predicted molar refractivity (Wildman–Crippen MR) is 88.7 cm³/mol. The van der Waals surface area contributed by atoms with Crippen LogP contribution in [0.2, 0.25) is 0 Å². The summed E-state index contributed by atoms with van der Waals surface area (Å²) in [7, 11) is -3.22. The van der Waals surface area contributed by atoms with Crippen molar-refractivity contribution in [3.63, 3.8) is 0 Å². The highest BCUT2D eigenvalue weighted by Crippen LogP contribution is 2.16. The zero-order valence-electron chi connectivity index (χ0n) is 13.8. The molecule has 0 aliphatic rings. The summed E-state index contributed by atoms with van der Waals surface area (Å²) < 4.78 is 28.1. The molecule has 0 saturated heterocycles. The van der Waals surface area contributed by atoms with Crippen molar-refractivity contribution < 1.29 is 27.9 Å². The van der Waals surface area contributed by atoms with Crippen LogP contribution in [-0.4, -0.2) is 44.8 Å². The molecule has 8 heteroatoms. The lowest BCUT2D eigenvalue weighted by Gasteiger charge is -2.10. The highest BCUT2D eigenvalue weighted by molar-refractivity contribution is 7.90. The van der Waals surface area contributed by atoms with E-state index in [1.54, 1.807) is 19.1 Å². The van der Waals surface area contributed by atoms with E-state index in [0.29, 0.717) is 25.3 Å². The van der Waals surface area contributed by atoms with Crippen molar-refractivity contribution in [3.05, 3.63) is 24.3 Å². The molecule has 0 saturated carbocycles. The normalized spacial score (nSPS) is 12.4. The summed E-state index contributed by atoms with van der Waals surface area (Å²) >= 11 is 0. The number of amides is 1. The van der Waals surface area contributed by atoms with E-state index in [2.05, 4.69) is 5.32 Å². The second-order valence-electron chi connectivity index (χ2n) is 5.70. The lowest BCUT2D eigenvalue weighted by atomic mass is 10.1. The van der Waals surface area contributed by atoms with Crippen molar-refractivity contribution in [2.45, 2.75) is 31.1 Å². The summed E-state index contributed by atoms with van der Waals surface area (Å²) in [5, 5.41) is 11.3. The van der Waals surface area contributed by atoms with Crippen molar-refractivity contribution in [1.82, 2.24) is 5.32 Å². The summed E-state index contributed by atoms with van der Waals surface area (Å²) in [6, 6.07) is 6.09. The van der Waals surface area contributed by atoms with E-state index in [4.69, 9.17) is 9.84 Å². The maximum Gasteiger partial charge on any atom is 0.303 e. The van der Waals surface area contributed by atoms with Gasteiger partial charge in [-0.05, 0) is 36.6 Å². The quantitative estimate of drug-likeness (QED) is 0.614. The number of carbonyl (C=O) groups excluding carboxylic acids is 1. The molecule has 0 fully saturated rings. The fourth-order valence-electron chi connectivity index (χ4n) is 1.95. The van der Waals surface area contributed by atoms with Crippen LogP contribution in [-0.2, 0) is 19.4 Å². The number of benzene rings is 1. The van der Waals surface area contributed by atoms with Crippen molar-refractivity contribution in [1.29, 1.82) is 0 Å². The molecular weight excluding hydrogens is 334 g/mol. The number of carboxylic acid groups (broad SMARTS) is 1. The summed E-state index contributed by atoms with van der Waals surface area (Å²) in [5.74, 6) is -0.607. The fraction of sp³-hybridized carbons (Fsp3) is 0.500. The number of rotatable bonds is 10. The van der Waals surface area contributed by atoms with E-state index in [1.807, 2.05) is 0 Å². The Balaban J connectivity index is 2.23. The number of ether oxygens (including phenoxy) is 1. The molecule has 134 valence electrons. The molecule has 0 heterocycles. The van der Waals surface area contributed by atoms with Gasteiger partial charge in [0.1, 0.15) is 5.75 Å². The molecular formula is C16H23NO6S. The number of carboxylic acids is 1. The molecule has 1 unspecified atom stereocenters. The third-order valence-electron chi connectivity index (χ3n) is 3.24. The van der Waals surface area contributed by atoms with Crippen LogP contribution in [0.1, 0.15) is 26.2 Å². The molecule has 24 heavy (non-hydrogen) atoms. The molecule has 1 aromatic carbocycles. The van der Waals surface area contributed by atoms with Crippen molar-refractivity contribution in [2.75, 3.05) is 19.4 Å². The summed E-state index contributed by atoms with van der Waals surface area (Å²) in [6.07, 6.45) is 1.94. The highest BCUT2D eigenvalue weighted by atomic mass is 32.2. The van der Waals surface area contributed by atoms with Crippen LogP contribution in [0.3, 0.4) is 0 Å². The Hall–Kier alpha value is -2.09. The Kier molecular flexibility index (Phi) is 7.70. The minimum atomic E-state index is -3.22. The smallest absolute Gasteiger partial charge is 0.303 e. The second kappa shape index (κ2) is 9.27. The van der Waals surface area contributed by atoms with Gasteiger partial charge in [-0.2, -0.15) is 0 Å². The zero-order valence-corrected chi connectivity index (χ0v) is 14.6. The lowest BCUT2D eigenvalue weighted by Crippen LogP contribution is -2.29. The maximum atomic E-state index is 11.6. The Morgan fingerprint density at radius 3 is 2.42 bits per heavy atom. The summed E-state index contributed by atoms with van der Waals surface area (Å²) in [4.78, 5) is 22.4. The molecule has 0 aliphatic heterocycles. The Morgan fingerprint density at radius 1 is 1.25 bits per heavy atom. The molecule has 1 amide bonds. The number of sulfone groups is 1. The van der Waals surface area contributed by atoms with E-state index >= 15 is 0 Å². The summed E-state index contributed by atoms with van der Waals surface area (Å²) in [5.41, 5.74) is 0. The van der Waals surface area contributed by atoms with Crippen LogP contribution in [0, 0.1) is 5.92 Å². The third-order valence-corrected chi connectivity index (χ3v) is 4.37. The molecule has 0 spiro atoms. The minimum Gasteiger partial charge on any atom is -0.494 e. The van der Waals surface area contributed by atoms with Gasteiger partial charge in [-0.25, -0.2) is 8.42 Å². The van der Waals surface area contributed by atoms with E-state index in [0.717, 1.165) is 6.26 Å². The molecule has 0 aromatic heterocycles. The minimum absolute atomic E-state index is 0.0207. The Morgan fingerprint density at radius 2 is 1.88 bits per heavy atom. The van der Waals surface area contributed by atoms with Gasteiger partial charge in [0.25, 0.3) is 0 Å². The average Bonchev–Trinajstić information content (AvgIpc) is 2.48. The van der Waals surface area contributed by atoms with Crippen molar-refractivity contribution in [3.8, 4) is 5.75 Å². The van der Waals surface area contributed by atoms with Crippen LogP contribution < -0.4 is 10.1 Å². The number of carbonyl (C=O) groups is 2. The number of hydrogen-bond donors (Lipinski definition) is 2. The topological polar surface area (TPSA) is 110 Å². The molecule has 2 N–H and O–H groups in total. The molecule has 7 nitrogen and oxygen atoms in total. The van der Waals surface area contributed by atoms with Gasteiger partial charge in [0.2, 0.25) is 5.91 Å².